The molecule has 9 nitrogen and oxygen atoms in total. The van der Waals surface area contributed by atoms with Gasteiger partial charge in [-0.2, -0.15) is 12.6 Å². The second-order valence-electron chi connectivity index (χ2n) is 4.09. The SMILES string of the molecule is Cc1[nH]c(=O)[nH]c(=O)c1N=Nc1nnc(N(C)CCS)s1. The first kappa shape index (κ1) is 15.4. The van der Waals surface area contributed by atoms with Crippen LogP contribution in [0.5, 0.6) is 0 Å². The maximum atomic E-state index is 11.6. The molecule has 112 valence electrons. The van der Waals surface area contributed by atoms with Crippen LogP contribution in [0.3, 0.4) is 0 Å². The average molecular weight is 327 g/mol. The molecule has 0 aliphatic carbocycles. The van der Waals surface area contributed by atoms with Gasteiger partial charge in [-0.1, -0.05) is 11.3 Å². The van der Waals surface area contributed by atoms with E-state index in [0.717, 1.165) is 6.54 Å². The van der Waals surface area contributed by atoms with Crippen LogP contribution in [0.25, 0.3) is 0 Å². The molecule has 0 unspecified atom stereocenters. The monoisotopic (exact) mass is 327 g/mol. The molecule has 0 bridgehead atoms. The number of azo groups is 1. The maximum Gasteiger partial charge on any atom is 0.326 e. The molecule has 2 heterocycles. The van der Waals surface area contributed by atoms with Crippen molar-refractivity contribution in [3.63, 3.8) is 0 Å². The molecule has 2 aromatic rings. The van der Waals surface area contributed by atoms with Gasteiger partial charge in [0.1, 0.15) is 0 Å². The third kappa shape index (κ3) is 3.76. The molecule has 0 saturated carbocycles. The number of thiol groups is 1. The summed E-state index contributed by atoms with van der Waals surface area (Å²) in [5.74, 6) is 0.693. The number of anilines is 1. The number of nitrogens with zero attached hydrogens (tertiary/aromatic N) is 5. The summed E-state index contributed by atoms with van der Waals surface area (Å²) in [7, 11) is 1.87. The van der Waals surface area contributed by atoms with Gasteiger partial charge < -0.3 is 9.88 Å². The van der Waals surface area contributed by atoms with E-state index in [2.05, 4.69) is 43.0 Å². The van der Waals surface area contributed by atoms with Crippen molar-refractivity contribution < 1.29 is 0 Å². The lowest BCUT2D eigenvalue weighted by Crippen LogP contribution is -2.22. The van der Waals surface area contributed by atoms with Crippen molar-refractivity contribution >= 4 is 39.9 Å². The van der Waals surface area contributed by atoms with Crippen molar-refractivity contribution in [1.82, 2.24) is 20.2 Å². The van der Waals surface area contributed by atoms with E-state index in [1.165, 1.54) is 11.3 Å². The minimum absolute atomic E-state index is 0.0371. The van der Waals surface area contributed by atoms with E-state index in [1.807, 2.05) is 11.9 Å². The fourth-order valence-corrected chi connectivity index (χ4v) is 2.41. The second kappa shape index (κ2) is 6.63. The summed E-state index contributed by atoms with van der Waals surface area (Å²) in [6.45, 7) is 2.30. The molecule has 21 heavy (non-hydrogen) atoms. The molecule has 0 aromatic carbocycles. The lowest BCUT2D eigenvalue weighted by Gasteiger charge is -2.11. The number of aryl methyl sites for hydroxylation is 1. The molecule has 2 rings (SSSR count). The summed E-state index contributed by atoms with van der Waals surface area (Å²) in [5, 5.41) is 16.5. The summed E-state index contributed by atoms with van der Waals surface area (Å²) in [4.78, 5) is 29.1. The average Bonchev–Trinajstić information content (AvgIpc) is 2.86. The number of aromatic amines is 2. The van der Waals surface area contributed by atoms with Gasteiger partial charge in [-0.3, -0.25) is 9.78 Å². The zero-order valence-electron chi connectivity index (χ0n) is 11.3. The van der Waals surface area contributed by atoms with Crippen molar-refractivity contribution in [3.8, 4) is 0 Å². The van der Waals surface area contributed by atoms with Crippen LogP contribution in [0.1, 0.15) is 5.69 Å². The molecule has 0 aliphatic heterocycles. The zero-order chi connectivity index (χ0) is 15.4. The first-order valence-corrected chi connectivity index (χ1v) is 7.36. The third-order valence-electron chi connectivity index (χ3n) is 2.50. The lowest BCUT2D eigenvalue weighted by molar-refractivity contribution is 0.932. The molecular weight excluding hydrogens is 314 g/mol. The Kier molecular flexibility index (Phi) is 4.85. The molecule has 11 heteroatoms. The molecule has 0 amide bonds. The highest BCUT2D eigenvalue weighted by Gasteiger charge is 2.09. The van der Waals surface area contributed by atoms with Crippen LogP contribution in [0.4, 0.5) is 16.0 Å². The third-order valence-corrected chi connectivity index (χ3v) is 3.62. The van der Waals surface area contributed by atoms with Gasteiger partial charge in [0.05, 0.1) is 0 Å². The number of nitrogens with one attached hydrogen (secondary N) is 2. The minimum Gasteiger partial charge on any atom is -0.349 e. The Hall–Kier alpha value is -2.01. The Bertz CT molecular complexity index is 763. The molecule has 0 atom stereocenters. The van der Waals surface area contributed by atoms with E-state index < -0.39 is 11.2 Å². The van der Waals surface area contributed by atoms with Crippen LogP contribution in [-0.4, -0.2) is 39.5 Å². The number of H-pyrrole nitrogens is 2. The van der Waals surface area contributed by atoms with Gasteiger partial charge in [0, 0.05) is 25.0 Å². The topological polar surface area (TPSA) is 119 Å². The largest absolute Gasteiger partial charge is 0.349 e. The highest BCUT2D eigenvalue weighted by Crippen LogP contribution is 2.26. The van der Waals surface area contributed by atoms with Crippen LogP contribution in [0, 0.1) is 6.92 Å². The molecule has 0 radical (unpaired) electrons. The summed E-state index contributed by atoms with van der Waals surface area (Å²) >= 11 is 5.38. The number of aromatic nitrogens is 4. The Balaban J connectivity index is 2.23. The Morgan fingerprint density at radius 3 is 2.71 bits per heavy atom. The molecule has 0 aliphatic rings. The van der Waals surface area contributed by atoms with Crippen molar-refractivity contribution in [3.05, 3.63) is 26.5 Å². The highest BCUT2D eigenvalue weighted by molar-refractivity contribution is 7.80. The highest BCUT2D eigenvalue weighted by atomic mass is 32.1. The van der Waals surface area contributed by atoms with E-state index >= 15 is 0 Å². The maximum absolute atomic E-state index is 11.6. The Morgan fingerprint density at radius 1 is 1.29 bits per heavy atom. The van der Waals surface area contributed by atoms with E-state index in [1.54, 1.807) is 6.92 Å². The van der Waals surface area contributed by atoms with Crippen LogP contribution < -0.4 is 16.1 Å². The molecule has 2 aromatic heterocycles. The Morgan fingerprint density at radius 2 is 2.05 bits per heavy atom. The van der Waals surface area contributed by atoms with Gasteiger partial charge in [-0.05, 0) is 6.92 Å². The summed E-state index contributed by atoms with van der Waals surface area (Å²) < 4.78 is 0. The van der Waals surface area contributed by atoms with Crippen molar-refractivity contribution in [2.75, 3.05) is 24.2 Å². The second-order valence-corrected chi connectivity index (χ2v) is 5.48. The van der Waals surface area contributed by atoms with Crippen molar-refractivity contribution in [2.45, 2.75) is 6.92 Å². The molecule has 0 saturated heterocycles. The molecular formula is C10H13N7O2S2. The summed E-state index contributed by atoms with van der Waals surface area (Å²) in [6, 6.07) is 0. The molecule has 0 spiro atoms. The van der Waals surface area contributed by atoms with Crippen molar-refractivity contribution in [2.24, 2.45) is 10.2 Å². The Labute approximate surface area is 128 Å². The normalized spacial score (nSPS) is 11.2. The smallest absolute Gasteiger partial charge is 0.326 e. The van der Waals surface area contributed by atoms with Crippen LogP contribution in [0.15, 0.2) is 19.8 Å². The van der Waals surface area contributed by atoms with Crippen LogP contribution in [0.2, 0.25) is 0 Å². The minimum atomic E-state index is -0.600. The van der Waals surface area contributed by atoms with E-state index in [-0.39, 0.29) is 5.69 Å². The van der Waals surface area contributed by atoms with E-state index in [9.17, 15) is 9.59 Å². The lowest BCUT2D eigenvalue weighted by atomic mass is 10.4. The summed E-state index contributed by atoms with van der Waals surface area (Å²) in [6.07, 6.45) is 0. The molecule has 0 fully saturated rings. The molecule has 2 N–H and O–H groups in total. The predicted octanol–water partition coefficient (Wildman–Crippen LogP) is 1.00. The van der Waals surface area contributed by atoms with Gasteiger partial charge in [-0.25, -0.2) is 4.79 Å². The predicted molar refractivity (Wildman–Crippen MR) is 83.6 cm³/mol. The van der Waals surface area contributed by atoms with Gasteiger partial charge in [0.2, 0.25) is 5.13 Å². The van der Waals surface area contributed by atoms with Crippen LogP contribution >= 0.6 is 24.0 Å². The standard InChI is InChI=1S/C10H13N7O2S2/c1-5-6(7(18)12-8(19)11-5)13-14-9-15-16-10(21-9)17(2)3-4-20/h20H,3-4H2,1-2H3,(H2,11,12,18,19). The first-order chi connectivity index (χ1) is 10.0. The zero-order valence-corrected chi connectivity index (χ0v) is 13.0. The van der Waals surface area contributed by atoms with Gasteiger partial charge >= 0.3 is 5.69 Å². The first-order valence-electron chi connectivity index (χ1n) is 5.91. The summed E-state index contributed by atoms with van der Waals surface area (Å²) in [5.41, 5.74) is -0.806. The fourth-order valence-electron chi connectivity index (χ4n) is 1.45. The van der Waals surface area contributed by atoms with Gasteiger partial charge in [0.25, 0.3) is 10.7 Å². The number of hydrogen-bond acceptors (Lipinski definition) is 9. The fraction of sp³-hybridized carbons (Fsp3) is 0.400. The van der Waals surface area contributed by atoms with Crippen molar-refractivity contribution in [1.29, 1.82) is 0 Å². The van der Waals surface area contributed by atoms with Gasteiger partial charge in [-0.15, -0.1) is 20.4 Å². The van der Waals surface area contributed by atoms with E-state index in [0.29, 0.717) is 21.7 Å². The number of hydrogen-bond donors (Lipinski definition) is 3. The van der Waals surface area contributed by atoms with Gasteiger partial charge in [0.15, 0.2) is 5.69 Å². The van der Waals surface area contributed by atoms with Crippen LogP contribution in [-0.2, 0) is 0 Å². The number of rotatable bonds is 5. The quantitative estimate of drug-likeness (QED) is 0.559. The van der Waals surface area contributed by atoms with E-state index in [4.69, 9.17) is 0 Å².